The van der Waals surface area contributed by atoms with Crippen molar-refractivity contribution < 1.29 is 14.0 Å². The van der Waals surface area contributed by atoms with Crippen LogP contribution in [0.3, 0.4) is 0 Å². The van der Waals surface area contributed by atoms with Crippen molar-refractivity contribution in [1.82, 2.24) is 9.80 Å². The van der Waals surface area contributed by atoms with Gasteiger partial charge in [-0.3, -0.25) is 9.59 Å². The highest BCUT2D eigenvalue weighted by Gasteiger charge is 2.23. The number of fused-ring (bicyclic) bond motifs is 3. The third kappa shape index (κ3) is 3.18. The van der Waals surface area contributed by atoms with E-state index in [-0.39, 0.29) is 11.8 Å². The van der Waals surface area contributed by atoms with Crippen LogP contribution in [0.1, 0.15) is 48.4 Å². The van der Waals surface area contributed by atoms with Crippen LogP contribution in [0.2, 0.25) is 0 Å². The predicted molar refractivity (Wildman–Crippen MR) is 108 cm³/mol. The van der Waals surface area contributed by atoms with Crippen molar-refractivity contribution in [2.45, 2.75) is 27.7 Å². The van der Waals surface area contributed by atoms with Gasteiger partial charge in [0.2, 0.25) is 0 Å². The molecule has 0 aliphatic rings. The van der Waals surface area contributed by atoms with E-state index in [0.29, 0.717) is 48.5 Å². The zero-order chi connectivity index (χ0) is 19.6. The van der Waals surface area contributed by atoms with Crippen LogP contribution in [0.5, 0.6) is 0 Å². The molecule has 1 aromatic heterocycles. The second-order valence-corrected chi connectivity index (χ2v) is 6.42. The second kappa shape index (κ2) is 7.82. The molecule has 0 radical (unpaired) electrons. The van der Waals surface area contributed by atoms with Crippen molar-refractivity contribution in [2.24, 2.45) is 0 Å². The summed E-state index contributed by atoms with van der Waals surface area (Å²) in [6, 6.07) is 11.2. The van der Waals surface area contributed by atoms with Gasteiger partial charge in [0.05, 0.1) is 11.1 Å². The van der Waals surface area contributed by atoms with Crippen LogP contribution in [-0.2, 0) is 0 Å². The molecule has 0 spiro atoms. The van der Waals surface area contributed by atoms with E-state index in [0.717, 1.165) is 10.8 Å². The fourth-order valence-electron chi connectivity index (χ4n) is 3.52. The van der Waals surface area contributed by atoms with Crippen molar-refractivity contribution in [3.63, 3.8) is 0 Å². The van der Waals surface area contributed by atoms with Gasteiger partial charge >= 0.3 is 0 Å². The number of carbonyl (C=O) groups is 2. The molecule has 3 rings (SSSR count). The van der Waals surface area contributed by atoms with Crippen molar-refractivity contribution in [3.8, 4) is 0 Å². The van der Waals surface area contributed by atoms with Gasteiger partial charge in [-0.1, -0.05) is 24.3 Å². The summed E-state index contributed by atoms with van der Waals surface area (Å²) >= 11 is 0. The molecule has 1 heterocycles. The van der Waals surface area contributed by atoms with E-state index in [2.05, 4.69) is 0 Å². The Labute approximate surface area is 159 Å². The minimum Gasteiger partial charge on any atom is -0.454 e. The zero-order valence-electron chi connectivity index (χ0n) is 16.4. The molecule has 0 saturated heterocycles. The first-order chi connectivity index (χ1) is 13.1. The van der Waals surface area contributed by atoms with E-state index in [4.69, 9.17) is 4.42 Å². The van der Waals surface area contributed by atoms with E-state index in [1.54, 1.807) is 21.9 Å². The van der Waals surface area contributed by atoms with Crippen molar-refractivity contribution in [1.29, 1.82) is 0 Å². The number of carbonyl (C=O) groups excluding carboxylic acids is 2. The summed E-state index contributed by atoms with van der Waals surface area (Å²) < 4.78 is 6.14. The highest BCUT2D eigenvalue weighted by molar-refractivity contribution is 6.17. The second-order valence-electron chi connectivity index (χ2n) is 6.42. The topological polar surface area (TPSA) is 53.8 Å². The molecule has 0 unspecified atom stereocenters. The number of furan rings is 1. The van der Waals surface area contributed by atoms with Gasteiger partial charge in [0.1, 0.15) is 11.2 Å². The number of benzene rings is 2. The Balaban J connectivity index is 2.22. The molecule has 0 aliphatic carbocycles. The fourth-order valence-corrected chi connectivity index (χ4v) is 3.52. The molecule has 0 atom stereocenters. The first kappa shape index (κ1) is 19.0. The van der Waals surface area contributed by atoms with E-state index in [9.17, 15) is 9.59 Å². The number of hydrogen-bond acceptors (Lipinski definition) is 3. The van der Waals surface area contributed by atoms with Crippen LogP contribution < -0.4 is 0 Å². The summed E-state index contributed by atoms with van der Waals surface area (Å²) in [5.74, 6) is -0.109. The van der Waals surface area contributed by atoms with Crippen LogP contribution >= 0.6 is 0 Å². The maximum Gasteiger partial charge on any atom is 0.257 e. The minimum atomic E-state index is -0.0544. The maximum absolute atomic E-state index is 12.9. The lowest BCUT2D eigenvalue weighted by atomic mass is 10.1. The Hall–Kier alpha value is -2.82. The monoisotopic (exact) mass is 366 g/mol. The summed E-state index contributed by atoms with van der Waals surface area (Å²) in [6.07, 6.45) is 0. The van der Waals surface area contributed by atoms with Gasteiger partial charge < -0.3 is 14.2 Å². The number of para-hydroxylation sites is 2. The number of hydrogen-bond donors (Lipinski definition) is 0. The molecule has 2 amide bonds. The quantitative estimate of drug-likeness (QED) is 0.643. The Kier molecular flexibility index (Phi) is 5.49. The van der Waals surface area contributed by atoms with Gasteiger partial charge in [-0.2, -0.15) is 0 Å². The summed E-state index contributed by atoms with van der Waals surface area (Å²) in [7, 11) is 0. The zero-order valence-corrected chi connectivity index (χ0v) is 16.4. The van der Waals surface area contributed by atoms with Gasteiger partial charge in [-0.25, -0.2) is 0 Å². The summed E-state index contributed by atoms with van der Waals surface area (Å²) in [5, 5.41) is 1.72. The number of nitrogens with zero attached hydrogens (tertiary/aromatic N) is 2. The van der Waals surface area contributed by atoms with Gasteiger partial charge in [-0.05, 0) is 39.8 Å². The Bertz CT molecular complexity index is 904. The number of rotatable bonds is 6. The van der Waals surface area contributed by atoms with E-state index in [1.165, 1.54) is 0 Å². The van der Waals surface area contributed by atoms with Crippen LogP contribution in [-0.4, -0.2) is 47.8 Å². The number of amides is 2. The maximum atomic E-state index is 12.9. The molecule has 27 heavy (non-hydrogen) atoms. The summed E-state index contributed by atoms with van der Waals surface area (Å²) in [4.78, 5) is 29.4. The van der Waals surface area contributed by atoms with Crippen molar-refractivity contribution >= 4 is 33.8 Å². The van der Waals surface area contributed by atoms with Crippen LogP contribution in [0.25, 0.3) is 21.9 Å². The molecule has 3 aromatic rings. The smallest absolute Gasteiger partial charge is 0.257 e. The first-order valence-corrected chi connectivity index (χ1v) is 9.60. The van der Waals surface area contributed by atoms with Crippen molar-refractivity contribution in [3.05, 3.63) is 47.5 Å². The molecule has 142 valence electrons. The highest BCUT2D eigenvalue weighted by Crippen LogP contribution is 2.33. The molecular formula is C22H26N2O3. The summed E-state index contributed by atoms with van der Waals surface area (Å²) in [5.41, 5.74) is 2.16. The Morgan fingerprint density at radius 2 is 1.07 bits per heavy atom. The lowest BCUT2D eigenvalue weighted by Crippen LogP contribution is -2.30. The van der Waals surface area contributed by atoms with E-state index >= 15 is 0 Å². The third-order valence-corrected chi connectivity index (χ3v) is 5.09. The molecule has 0 fully saturated rings. The van der Waals surface area contributed by atoms with E-state index in [1.807, 2.05) is 52.0 Å². The van der Waals surface area contributed by atoms with Gasteiger partial charge in [0.15, 0.2) is 0 Å². The standard InChI is InChI=1S/C22H26N2O3/c1-5-23(6-2)21(25)17-13-9-11-15-16-12-10-14-18(20(16)27-19(15)17)22(26)24(7-3)8-4/h9-14H,5-8H2,1-4H3. The molecule has 0 bridgehead atoms. The Morgan fingerprint density at radius 1 is 0.704 bits per heavy atom. The first-order valence-electron chi connectivity index (χ1n) is 9.60. The van der Waals surface area contributed by atoms with Crippen molar-refractivity contribution in [2.75, 3.05) is 26.2 Å². The van der Waals surface area contributed by atoms with Gasteiger partial charge in [-0.15, -0.1) is 0 Å². The highest BCUT2D eigenvalue weighted by atomic mass is 16.3. The Morgan fingerprint density at radius 3 is 1.41 bits per heavy atom. The molecule has 5 heteroatoms. The molecule has 0 N–H and O–H groups in total. The summed E-state index contributed by atoms with van der Waals surface area (Å²) in [6.45, 7) is 10.4. The average molecular weight is 366 g/mol. The van der Waals surface area contributed by atoms with E-state index < -0.39 is 0 Å². The molecule has 5 nitrogen and oxygen atoms in total. The average Bonchev–Trinajstić information content (AvgIpc) is 3.08. The lowest BCUT2D eigenvalue weighted by molar-refractivity contribution is 0.0767. The van der Waals surface area contributed by atoms with Crippen LogP contribution in [0.15, 0.2) is 40.8 Å². The van der Waals surface area contributed by atoms with Crippen LogP contribution in [0.4, 0.5) is 0 Å². The molecule has 0 saturated carbocycles. The normalized spacial score (nSPS) is 11.1. The van der Waals surface area contributed by atoms with Crippen LogP contribution in [0, 0.1) is 0 Å². The van der Waals surface area contributed by atoms with Gasteiger partial charge in [0.25, 0.3) is 11.8 Å². The third-order valence-electron chi connectivity index (χ3n) is 5.09. The van der Waals surface area contributed by atoms with Gasteiger partial charge in [0, 0.05) is 37.0 Å². The minimum absolute atomic E-state index is 0.0544. The SMILES string of the molecule is CCN(CC)C(=O)c1cccc2c1oc1c(C(=O)N(CC)CC)cccc12. The predicted octanol–water partition coefficient (Wildman–Crippen LogP) is 4.55. The molecule has 2 aromatic carbocycles. The molecular weight excluding hydrogens is 340 g/mol. The fraction of sp³-hybridized carbons (Fsp3) is 0.364. The largest absolute Gasteiger partial charge is 0.454 e. The lowest BCUT2D eigenvalue weighted by Gasteiger charge is -2.18. The molecule has 0 aliphatic heterocycles.